The molecule has 0 bridgehead atoms. The van der Waals surface area contributed by atoms with Crippen molar-refractivity contribution in [3.63, 3.8) is 0 Å². The Hall–Kier alpha value is -3.26. The first-order chi connectivity index (χ1) is 13.3. The number of hydrogen-bond acceptors (Lipinski definition) is 5. The van der Waals surface area contributed by atoms with Gasteiger partial charge in [0.2, 0.25) is 5.96 Å². The Morgan fingerprint density at radius 2 is 1.93 bits per heavy atom. The van der Waals surface area contributed by atoms with Crippen LogP contribution in [0.1, 0.15) is 31.0 Å². The number of nitrogens with zero attached hydrogens (tertiary/aromatic N) is 4. The normalized spacial score (nSPS) is 20.3. The van der Waals surface area contributed by atoms with Crippen LogP contribution in [0.2, 0.25) is 5.02 Å². The second-order valence-electron chi connectivity index (χ2n) is 6.86. The SMILES string of the molecule is CC1(C)Oc2ccc(C#N)cc2[C@@H](N=C(N)N(C#N)c2ccc(Cl)cc2)[C@@H]1O. The van der Waals surface area contributed by atoms with Crippen LogP contribution in [0.25, 0.3) is 0 Å². The Bertz CT molecular complexity index is 1000. The van der Waals surface area contributed by atoms with Crippen LogP contribution in [0.5, 0.6) is 5.75 Å². The molecule has 8 heteroatoms. The highest BCUT2D eigenvalue weighted by molar-refractivity contribution is 6.30. The molecule has 0 amide bonds. The number of guanidine groups is 1. The van der Waals surface area contributed by atoms with E-state index in [9.17, 15) is 15.6 Å². The maximum absolute atomic E-state index is 10.8. The molecule has 7 nitrogen and oxygen atoms in total. The van der Waals surface area contributed by atoms with Crippen LogP contribution in [0.15, 0.2) is 47.5 Å². The topological polar surface area (TPSA) is 119 Å². The molecular formula is C20H18ClN5O2. The molecule has 0 aromatic heterocycles. The lowest BCUT2D eigenvalue weighted by Gasteiger charge is -2.40. The second-order valence-corrected chi connectivity index (χ2v) is 7.30. The number of anilines is 1. The number of aliphatic hydroxyl groups is 1. The van der Waals surface area contributed by atoms with Crippen LogP contribution < -0.4 is 15.4 Å². The molecule has 28 heavy (non-hydrogen) atoms. The highest BCUT2D eigenvalue weighted by atomic mass is 35.5. The summed E-state index contributed by atoms with van der Waals surface area (Å²) in [6.45, 7) is 3.47. The Morgan fingerprint density at radius 3 is 2.54 bits per heavy atom. The molecule has 0 saturated carbocycles. The van der Waals surface area contributed by atoms with E-state index in [-0.39, 0.29) is 5.96 Å². The maximum Gasteiger partial charge on any atom is 0.210 e. The van der Waals surface area contributed by atoms with Gasteiger partial charge < -0.3 is 15.6 Å². The van der Waals surface area contributed by atoms with Crippen LogP contribution in [-0.2, 0) is 0 Å². The predicted molar refractivity (Wildman–Crippen MR) is 106 cm³/mol. The molecule has 1 aliphatic heterocycles. The molecule has 2 aromatic carbocycles. The Balaban J connectivity index is 2.07. The molecule has 0 aliphatic carbocycles. The number of halogens is 1. The number of ether oxygens (including phenoxy) is 1. The van der Waals surface area contributed by atoms with Crippen molar-refractivity contribution in [2.24, 2.45) is 10.7 Å². The molecule has 0 fully saturated rings. The highest BCUT2D eigenvalue weighted by Gasteiger charge is 2.43. The van der Waals surface area contributed by atoms with Crippen molar-refractivity contribution >= 4 is 23.2 Å². The predicted octanol–water partition coefficient (Wildman–Crippen LogP) is 3.09. The van der Waals surface area contributed by atoms with E-state index in [0.717, 1.165) is 4.90 Å². The number of rotatable bonds is 2. The summed E-state index contributed by atoms with van der Waals surface area (Å²) < 4.78 is 5.86. The van der Waals surface area contributed by atoms with Gasteiger partial charge in [-0.25, -0.2) is 9.89 Å². The average molecular weight is 396 g/mol. The smallest absolute Gasteiger partial charge is 0.210 e. The summed E-state index contributed by atoms with van der Waals surface area (Å²) in [4.78, 5) is 5.56. The second kappa shape index (κ2) is 7.40. The van der Waals surface area contributed by atoms with Crippen molar-refractivity contribution in [3.8, 4) is 18.0 Å². The van der Waals surface area contributed by atoms with Gasteiger partial charge in [-0.05, 0) is 56.3 Å². The van der Waals surface area contributed by atoms with Crippen molar-refractivity contribution in [1.29, 1.82) is 10.5 Å². The van der Waals surface area contributed by atoms with Crippen molar-refractivity contribution in [1.82, 2.24) is 0 Å². The Labute approximate surface area is 167 Å². The van der Waals surface area contributed by atoms with E-state index in [0.29, 0.717) is 27.6 Å². The molecule has 1 heterocycles. The van der Waals surface area contributed by atoms with E-state index in [1.807, 2.05) is 6.19 Å². The first kappa shape index (κ1) is 19.5. The van der Waals surface area contributed by atoms with E-state index in [1.165, 1.54) is 0 Å². The van der Waals surface area contributed by atoms with E-state index >= 15 is 0 Å². The molecule has 0 saturated heterocycles. The lowest BCUT2D eigenvalue weighted by Crippen LogP contribution is -2.49. The minimum absolute atomic E-state index is 0.0973. The quantitative estimate of drug-likeness (QED) is 0.349. The largest absolute Gasteiger partial charge is 0.485 e. The summed E-state index contributed by atoms with van der Waals surface area (Å²) in [5.74, 6) is 0.408. The van der Waals surface area contributed by atoms with Gasteiger partial charge in [0.05, 0.1) is 17.3 Å². The van der Waals surface area contributed by atoms with E-state index in [4.69, 9.17) is 22.1 Å². The van der Waals surface area contributed by atoms with Crippen LogP contribution in [-0.4, -0.2) is 22.8 Å². The van der Waals surface area contributed by atoms with Crippen LogP contribution in [0.3, 0.4) is 0 Å². The highest BCUT2D eigenvalue weighted by Crippen LogP contribution is 2.42. The third kappa shape index (κ3) is 3.59. The number of benzene rings is 2. The Kier molecular flexibility index (Phi) is 5.15. The molecule has 0 spiro atoms. The van der Waals surface area contributed by atoms with Crippen LogP contribution in [0.4, 0.5) is 5.69 Å². The van der Waals surface area contributed by atoms with Gasteiger partial charge in [-0.2, -0.15) is 10.5 Å². The van der Waals surface area contributed by atoms with E-state index < -0.39 is 17.7 Å². The van der Waals surface area contributed by atoms with Crippen molar-refractivity contribution in [2.75, 3.05) is 4.90 Å². The summed E-state index contributed by atoms with van der Waals surface area (Å²) >= 11 is 5.89. The van der Waals surface area contributed by atoms with Gasteiger partial charge in [0.15, 0.2) is 6.19 Å². The minimum Gasteiger partial charge on any atom is -0.485 e. The molecule has 142 valence electrons. The molecule has 3 N–H and O–H groups in total. The van der Waals surface area contributed by atoms with Crippen LogP contribution in [0, 0.1) is 22.8 Å². The van der Waals surface area contributed by atoms with Gasteiger partial charge in [0, 0.05) is 10.6 Å². The summed E-state index contributed by atoms with van der Waals surface area (Å²) in [5, 5.41) is 30.1. The monoisotopic (exact) mass is 395 g/mol. The zero-order chi connectivity index (χ0) is 20.5. The van der Waals surface area contributed by atoms with Gasteiger partial charge >= 0.3 is 0 Å². The van der Waals surface area contributed by atoms with Gasteiger partial charge in [0.25, 0.3) is 0 Å². The van der Waals surface area contributed by atoms with E-state index in [1.54, 1.807) is 56.3 Å². The number of hydrogen-bond donors (Lipinski definition) is 2. The number of aliphatic imine (C=N–C) groups is 1. The molecule has 0 unspecified atom stereocenters. The van der Waals surface area contributed by atoms with E-state index in [2.05, 4.69) is 11.1 Å². The summed E-state index contributed by atoms with van der Waals surface area (Å²) in [7, 11) is 0. The molecule has 0 radical (unpaired) electrons. The summed E-state index contributed by atoms with van der Waals surface area (Å²) in [5.41, 5.74) is 6.60. The molecule has 2 aromatic rings. The lowest BCUT2D eigenvalue weighted by molar-refractivity contribution is -0.0567. The minimum atomic E-state index is -1.04. The third-order valence-corrected chi connectivity index (χ3v) is 4.78. The van der Waals surface area contributed by atoms with Crippen molar-refractivity contribution in [2.45, 2.75) is 31.6 Å². The fourth-order valence-corrected chi connectivity index (χ4v) is 3.13. The number of nitrogens with two attached hydrogens (primary N) is 1. The van der Waals surface area contributed by atoms with Crippen LogP contribution >= 0.6 is 11.6 Å². The summed E-state index contributed by atoms with van der Waals surface area (Å²) in [6, 6.07) is 12.7. The fourth-order valence-electron chi connectivity index (χ4n) is 3.01. The first-order valence-electron chi connectivity index (χ1n) is 8.46. The van der Waals surface area contributed by atoms with Gasteiger partial charge in [-0.15, -0.1) is 0 Å². The zero-order valence-electron chi connectivity index (χ0n) is 15.3. The lowest BCUT2D eigenvalue weighted by atomic mass is 9.86. The zero-order valence-corrected chi connectivity index (χ0v) is 16.1. The molecule has 3 rings (SSSR count). The average Bonchev–Trinajstić information content (AvgIpc) is 2.67. The molecular weight excluding hydrogens is 378 g/mol. The standard InChI is InChI=1S/C20H18ClN5O2/c1-20(2)18(27)17(15-9-12(10-22)3-8-16(15)28-20)25-19(24)26(11-23)14-6-4-13(21)5-7-14/h3-9,17-18,27H,1-2H3,(H2,24,25)/t17-,18+/m1/s1. The number of aliphatic hydroxyl groups excluding tert-OH is 1. The third-order valence-electron chi connectivity index (χ3n) is 4.53. The molecule has 2 atom stereocenters. The van der Waals surface area contributed by atoms with Gasteiger partial charge in [0.1, 0.15) is 23.5 Å². The first-order valence-corrected chi connectivity index (χ1v) is 8.84. The van der Waals surface area contributed by atoms with Crippen molar-refractivity contribution in [3.05, 3.63) is 58.6 Å². The summed E-state index contributed by atoms with van der Waals surface area (Å²) in [6.07, 6.45) is 0.935. The van der Waals surface area contributed by atoms with Gasteiger partial charge in [-0.3, -0.25) is 0 Å². The number of nitriles is 2. The molecule has 1 aliphatic rings. The fraction of sp³-hybridized carbons (Fsp3) is 0.250. The maximum atomic E-state index is 10.8. The van der Waals surface area contributed by atoms with Crippen molar-refractivity contribution < 1.29 is 9.84 Å². The number of fused-ring (bicyclic) bond motifs is 1. The van der Waals surface area contributed by atoms with Gasteiger partial charge in [-0.1, -0.05) is 11.6 Å². The Morgan fingerprint density at radius 1 is 1.25 bits per heavy atom.